The molecular weight excluding hydrogens is 252 g/mol. The quantitative estimate of drug-likeness (QED) is 0.429. The van der Waals surface area contributed by atoms with Crippen LogP contribution in [-0.4, -0.2) is 42.5 Å². The minimum Gasteiger partial charge on any atom is -0.396 e. The van der Waals surface area contributed by atoms with Gasteiger partial charge < -0.3 is 15.3 Å². The highest BCUT2D eigenvalue weighted by Gasteiger charge is 2.33. The van der Waals surface area contributed by atoms with Gasteiger partial charge in [0.15, 0.2) is 0 Å². The molecule has 0 aromatic heterocycles. The summed E-state index contributed by atoms with van der Waals surface area (Å²) in [5.74, 6) is -0.974. The van der Waals surface area contributed by atoms with E-state index in [2.05, 4.69) is 10.2 Å². The van der Waals surface area contributed by atoms with Crippen molar-refractivity contribution in [2.75, 3.05) is 19.7 Å². The Balaban J connectivity index is 2.14. The first-order valence-electron chi connectivity index (χ1n) is 6.35. The normalized spacial score (nSPS) is 22.3. The van der Waals surface area contributed by atoms with Gasteiger partial charge in [-0.25, -0.2) is 4.79 Å². The largest absolute Gasteiger partial charge is 0.396 e. The van der Waals surface area contributed by atoms with Crippen molar-refractivity contribution < 1.29 is 24.3 Å². The van der Waals surface area contributed by atoms with E-state index in [4.69, 9.17) is 5.11 Å². The molecule has 0 bridgehead atoms. The Morgan fingerprint density at radius 2 is 2.21 bits per heavy atom. The standard InChI is InChI=1S/C12H20N2O5/c1-8(16)14-19-12(18)4-5-13-6-10-9(7-15)2-3-11(10)17/h9-10,13,15H,2-7H2,1H3,(H,14,16). The predicted molar refractivity (Wildman–Crippen MR) is 65.7 cm³/mol. The molecule has 2 atom stereocenters. The fraction of sp³-hybridized carbons (Fsp3) is 0.750. The molecule has 1 rings (SSSR count). The maximum Gasteiger partial charge on any atom is 0.333 e. The average molecular weight is 272 g/mol. The van der Waals surface area contributed by atoms with Crippen LogP contribution in [0, 0.1) is 11.8 Å². The van der Waals surface area contributed by atoms with Crippen molar-refractivity contribution in [3.63, 3.8) is 0 Å². The lowest BCUT2D eigenvalue weighted by molar-refractivity contribution is -0.157. The molecule has 108 valence electrons. The molecule has 1 amide bonds. The summed E-state index contributed by atoms with van der Waals surface area (Å²) in [5.41, 5.74) is 1.95. The molecule has 2 unspecified atom stereocenters. The van der Waals surface area contributed by atoms with E-state index < -0.39 is 11.9 Å². The number of hydroxylamine groups is 1. The third-order valence-corrected chi connectivity index (χ3v) is 3.16. The molecule has 0 aromatic rings. The molecule has 7 nitrogen and oxygen atoms in total. The van der Waals surface area contributed by atoms with Gasteiger partial charge >= 0.3 is 5.97 Å². The van der Waals surface area contributed by atoms with E-state index in [0.29, 0.717) is 19.5 Å². The van der Waals surface area contributed by atoms with Crippen LogP contribution in [0.4, 0.5) is 0 Å². The van der Waals surface area contributed by atoms with Crippen LogP contribution in [0.15, 0.2) is 0 Å². The van der Waals surface area contributed by atoms with Crippen molar-refractivity contribution in [1.29, 1.82) is 0 Å². The number of hydrogen-bond acceptors (Lipinski definition) is 6. The summed E-state index contributed by atoms with van der Waals surface area (Å²) in [5, 5.41) is 12.1. The van der Waals surface area contributed by atoms with E-state index in [9.17, 15) is 14.4 Å². The number of aliphatic hydroxyl groups is 1. The third kappa shape index (κ3) is 5.35. The van der Waals surface area contributed by atoms with Crippen LogP contribution < -0.4 is 10.8 Å². The first-order valence-corrected chi connectivity index (χ1v) is 6.35. The van der Waals surface area contributed by atoms with Crippen LogP contribution >= 0.6 is 0 Å². The van der Waals surface area contributed by atoms with Crippen LogP contribution in [0.2, 0.25) is 0 Å². The maximum atomic E-state index is 11.6. The van der Waals surface area contributed by atoms with Gasteiger partial charge in [0.2, 0.25) is 5.91 Å². The average Bonchev–Trinajstić information content (AvgIpc) is 2.73. The highest BCUT2D eigenvalue weighted by Crippen LogP contribution is 2.27. The zero-order chi connectivity index (χ0) is 14.3. The summed E-state index contributed by atoms with van der Waals surface area (Å²) in [6.45, 7) is 2.08. The minimum absolute atomic E-state index is 0.0165. The number of ketones is 1. The molecule has 3 N–H and O–H groups in total. The Bertz CT molecular complexity index is 345. The second-order valence-electron chi connectivity index (χ2n) is 4.64. The molecule has 19 heavy (non-hydrogen) atoms. The third-order valence-electron chi connectivity index (χ3n) is 3.16. The van der Waals surface area contributed by atoms with Gasteiger partial charge in [0.1, 0.15) is 5.78 Å². The van der Waals surface area contributed by atoms with Gasteiger partial charge in [0, 0.05) is 39.0 Å². The lowest BCUT2D eigenvalue weighted by Crippen LogP contribution is -2.33. The van der Waals surface area contributed by atoms with Gasteiger partial charge in [-0.2, -0.15) is 5.48 Å². The van der Waals surface area contributed by atoms with E-state index in [1.807, 2.05) is 5.48 Å². The number of Topliss-reactive ketones (excluding diaryl/α,β-unsaturated/α-hetero) is 1. The Morgan fingerprint density at radius 1 is 1.47 bits per heavy atom. The summed E-state index contributed by atoms with van der Waals surface area (Å²) in [4.78, 5) is 37.6. The van der Waals surface area contributed by atoms with Crippen LogP contribution in [0.3, 0.4) is 0 Å². The first kappa shape index (κ1) is 15.6. The van der Waals surface area contributed by atoms with Crippen LogP contribution in [0.5, 0.6) is 0 Å². The topological polar surface area (TPSA) is 105 Å². The van der Waals surface area contributed by atoms with Crippen molar-refractivity contribution in [3.05, 3.63) is 0 Å². The van der Waals surface area contributed by atoms with Crippen molar-refractivity contribution >= 4 is 17.7 Å². The molecule has 1 aliphatic rings. The van der Waals surface area contributed by atoms with Gasteiger partial charge in [-0.1, -0.05) is 0 Å². The fourth-order valence-corrected chi connectivity index (χ4v) is 2.10. The summed E-state index contributed by atoms with van der Waals surface area (Å²) in [6.07, 6.45) is 1.35. The number of carbonyl (C=O) groups excluding carboxylic acids is 3. The lowest BCUT2D eigenvalue weighted by atomic mass is 9.96. The van der Waals surface area contributed by atoms with Gasteiger partial charge in [0.05, 0.1) is 6.42 Å². The number of rotatable bonds is 6. The number of hydrogen-bond donors (Lipinski definition) is 3. The predicted octanol–water partition coefficient (Wildman–Crippen LogP) is -0.852. The number of amides is 1. The second kappa shape index (κ2) is 7.85. The van der Waals surface area contributed by atoms with E-state index in [0.717, 1.165) is 6.42 Å². The van der Waals surface area contributed by atoms with Crippen molar-refractivity contribution in [2.45, 2.75) is 26.2 Å². The van der Waals surface area contributed by atoms with Gasteiger partial charge in [-0.3, -0.25) is 9.59 Å². The monoisotopic (exact) mass is 272 g/mol. The van der Waals surface area contributed by atoms with Crippen LogP contribution in [0.25, 0.3) is 0 Å². The highest BCUT2D eigenvalue weighted by molar-refractivity contribution is 5.83. The Labute approximate surface area is 111 Å². The Morgan fingerprint density at radius 3 is 2.84 bits per heavy atom. The van der Waals surface area contributed by atoms with Crippen molar-refractivity contribution in [2.24, 2.45) is 11.8 Å². The van der Waals surface area contributed by atoms with Crippen molar-refractivity contribution in [1.82, 2.24) is 10.8 Å². The molecule has 0 aliphatic heterocycles. The molecule has 1 fully saturated rings. The van der Waals surface area contributed by atoms with E-state index in [1.54, 1.807) is 0 Å². The van der Waals surface area contributed by atoms with Crippen molar-refractivity contribution in [3.8, 4) is 0 Å². The van der Waals surface area contributed by atoms with E-state index >= 15 is 0 Å². The van der Waals surface area contributed by atoms with Gasteiger partial charge in [-0.05, 0) is 12.3 Å². The van der Waals surface area contributed by atoms with Crippen LogP contribution in [-0.2, 0) is 19.2 Å². The zero-order valence-electron chi connectivity index (χ0n) is 11.0. The molecule has 0 saturated heterocycles. The fourth-order valence-electron chi connectivity index (χ4n) is 2.10. The molecule has 0 radical (unpaired) electrons. The lowest BCUT2D eigenvalue weighted by Gasteiger charge is -2.16. The molecular formula is C12H20N2O5. The van der Waals surface area contributed by atoms with E-state index in [-0.39, 0.29) is 30.6 Å². The molecule has 1 saturated carbocycles. The summed E-state index contributed by atoms with van der Waals surface area (Å²) >= 11 is 0. The van der Waals surface area contributed by atoms with E-state index in [1.165, 1.54) is 6.92 Å². The van der Waals surface area contributed by atoms with Crippen LogP contribution in [0.1, 0.15) is 26.2 Å². The molecule has 0 aromatic carbocycles. The highest BCUT2D eigenvalue weighted by atomic mass is 16.7. The zero-order valence-corrected chi connectivity index (χ0v) is 11.0. The Hall–Kier alpha value is -1.47. The number of nitrogens with one attached hydrogen (secondary N) is 2. The Kier molecular flexibility index (Phi) is 6.44. The summed E-state index contributed by atoms with van der Waals surface area (Å²) in [6, 6.07) is 0. The summed E-state index contributed by atoms with van der Waals surface area (Å²) in [7, 11) is 0. The molecule has 7 heteroatoms. The SMILES string of the molecule is CC(=O)NOC(=O)CCNCC1C(=O)CCC1CO. The molecule has 0 spiro atoms. The minimum atomic E-state index is -0.542. The molecule has 0 heterocycles. The van der Waals surface area contributed by atoms with Gasteiger partial charge in [-0.15, -0.1) is 0 Å². The number of carbonyl (C=O) groups is 3. The first-order chi connectivity index (χ1) is 9.04. The smallest absolute Gasteiger partial charge is 0.333 e. The number of aliphatic hydroxyl groups excluding tert-OH is 1. The summed E-state index contributed by atoms with van der Waals surface area (Å²) < 4.78 is 0. The maximum absolute atomic E-state index is 11.6. The second-order valence-corrected chi connectivity index (χ2v) is 4.64. The van der Waals surface area contributed by atoms with Gasteiger partial charge in [0.25, 0.3) is 0 Å². The molecule has 1 aliphatic carbocycles.